The summed E-state index contributed by atoms with van der Waals surface area (Å²) in [4.78, 5) is 24.0. The van der Waals surface area contributed by atoms with Gasteiger partial charge in [-0.2, -0.15) is 5.26 Å². The van der Waals surface area contributed by atoms with Crippen molar-refractivity contribution in [2.24, 2.45) is 0 Å². The minimum atomic E-state index is -1.02. The number of carboxylic acid groups (broad SMARTS) is 1. The number of carbonyl (C=O) groups excluding carboxylic acids is 1. The third-order valence-electron chi connectivity index (χ3n) is 2.85. The lowest BCUT2D eigenvalue weighted by Crippen LogP contribution is -2.46. The molecule has 1 amide bonds. The fraction of sp³-hybridized carbons (Fsp3) is 0.250. The zero-order valence-corrected chi connectivity index (χ0v) is 9.67. The van der Waals surface area contributed by atoms with Crippen molar-refractivity contribution in [1.29, 1.82) is 5.26 Å². The molecule has 1 atom stereocenters. The van der Waals surface area contributed by atoms with E-state index in [0.29, 0.717) is 16.9 Å². The van der Waals surface area contributed by atoms with Crippen LogP contribution in [0.25, 0.3) is 0 Å². The summed E-state index contributed by atoms with van der Waals surface area (Å²) in [5.74, 6) is -1.28. The van der Waals surface area contributed by atoms with Gasteiger partial charge in [-0.05, 0) is 25.1 Å². The monoisotopic (exact) mass is 245 g/mol. The Morgan fingerprint density at radius 3 is 2.94 bits per heavy atom. The van der Waals surface area contributed by atoms with E-state index in [0.717, 1.165) is 0 Å². The molecule has 2 rings (SSSR count). The van der Waals surface area contributed by atoms with Gasteiger partial charge in [-0.1, -0.05) is 0 Å². The number of benzene rings is 1. The molecular formula is C12H11N3O3. The predicted octanol–water partition coefficient (Wildman–Crippen LogP) is 0.790. The van der Waals surface area contributed by atoms with E-state index in [1.54, 1.807) is 18.2 Å². The molecule has 92 valence electrons. The molecule has 0 aromatic heterocycles. The first-order valence-corrected chi connectivity index (χ1v) is 5.36. The number of fused-ring (bicyclic) bond motifs is 1. The van der Waals surface area contributed by atoms with Crippen LogP contribution in [0.4, 0.5) is 11.4 Å². The summed E-state index contributed by atoms with van der Waals surface area (Å²) in [5.41, 5.74) is 1.51. The van der Waals surface area contributed by atoms with E-state index in [1.165, 1.54) is 11.8 Å². The Balaban J connectivity index is 2.49. The van der Waals surface area contributed by atoms with Gasteiger partial charge in [0.2, 0.25) is 5.91 Å². The number of anilines is 2. The Morgan fingerprint density at radius 2 is 2.33 bits per heavy atom. The summed E-state index contributed by atoms with van der Waals surface area (Å²) in [6.45, 7) is 1.47. The molecular weight excluding hydrogens is 234 g/mol. The Morgan fingerprint density at radius 1 is 1.61 bits per heavy atom. The Labute approximate surface area is 103 Å². The highest BCUT2D eigenvalue weighted by Crippen LogP contribution is 2.31. The third kappa shape index (κ3) is 1.98. The fourth-order valence-electron chi connectivity index (χ4n) is 1.85. The minimum absolute atomic E-state index is 0.0324. The van der Waals surface area contributed by atoms with Crippen molar-refractivity contribution < 1.29 is 14.7 Å². The number of nitriles is 1. The molecule has 6 heteroatoms. The molecule has 18 heavy (non-hydrogen) atoms. The number of hydrogen-bond donors (Lipinski definition) is 2. The number of aliphatic carboxylic acids is 1. The molecule has 1 unspecified atom stereocenters. The lowest BCUT2D eigenvalue weighted by molar-refractivity contribution is -0.138. The summed E-state index contributed by atoms with van der Waals surface area (Å²) < 4.78 is 0. The second kappa shape index (κ2) is 4.37. The van der Waals surface area contributed by atoms with Crippen molar-refractivity contribution >= 4 is 23.3 Å². The summed E-state index contributed by atoms with van der Waals surface area (Å²) in [6.07, 6.45) is 0. The highest BCUT2D eigenvalue weighted by Gasteiger charge is 2.29. The average molecular weight is 245 g/mol. The Kier molecular flexibility index (Phi) is 2.90. The van der Waals surface area contributed by atoms with Crippen LogP contribution in [0.15, 0.2) is 18.2 Å². The molecule has 0 bridgehead atoms. The number of nitrogens with one attached hydrogen (secondary N) is 1. The zero-order chi connectivity index (χ0) is 13.3. The number of nitrogens with zero attached hydrogens (tertiary/aromatic N) is 2. The molecule has 1 heterocycles. The second-order valence-corrected chi connectivity index (χ2v) is 4.03. The molecule has 0 spiro atoms. The molecule has 0 saturated heterocycles. The van der Waals surface area contributed by atoms with Crippen LogP contribution in [0.2, 0.25) is 0 Å². The maximum atomic E-state index is 11.5. The largest absolute Gasteiger partial charge is 0.480 e. The van der Waals surface area contributed by atoms with Crippen LogP contribution in [0.3, 0.4) is 0 Å². The predicted molar refractivity (Wildman–Crippen MR) is 64.2 cm³/mol. The maximum Gasteiger partial charge on any atom is 0.326 e. The van der Waals surface area contributed by atoms with Gasteiger partial charge in [-0.15, -0.1) is 0 Å². The van der Waals surface area contributed by atoms with Crippen LogP contribution < -0.4 is 10.2 Å². The zero-order valence-electron chi connectivity index (χ0n) is 9.67. The van der Waals surface area contributed by atoms with E-state index in [2.05, 4.69) is 5.32 Å². The van der Waals surface area contributed by atoms with E-state index in [4.69, 9.17) is 10.4 Å². The van der Waals surface area contributed by atoms with Crippen molar-refractivity contribution in [3.05, 3.63) is 23.8 Å². The first kappa shape index (κ1) is 11.9. The minimum Gasteiger partial charge on any atom is -0.480 e. The summed E-state index contributed by atoms with van der Waals surface area (Å²) >= 11 is 0. The highest BCUT2D eigenvalue weighted by molar-refractivity contribution is 6.02. The van der Waals surface area contributed by atoms with Crippen molar-refractivity contribution in [3.63, 3.8) is 0 Å². The number of hydrogen-bond acceptors (Lipinski definition) is 4. The van der Waals surface area contributed by atoms with Gasteiger partial charge < -0.3 is 15.3 Å². The van der Waals surface area contributed by atoms with Gasteiger partial charge in [0, 0.05) is 0 Å². The number of carbonyl (C=O) groups is 2. The van der Waals surface area contributed by atoms with Crippen molar-refractivity contribution in [2.45, 2.75) is 13.0 Å². The van der Waals surface area contributed by atoms with E-state index in [1.807, 2.05) is 6.07 Å². The van der Waals surface area contributed by atoms with Gasteiger partial charge in [-0.3, -0.25) is 4.79 Å². The van der Waals surface area contributed by atoms with Crippen LogP contribution in [-0.2, 0) is 9.59 Å². The summed E-state index contributed by atoms with van der Waals surface area (Å²) in [5, 5.41) is 20.5. The quantitative estimate of drug-likeness (QED) is 0.803. The first-order chi connectivity index (χ1) is 8.52. The van der Waals surface area contributed by atoms with Crippen molar-refractivity contribution in [1.82, 2.24) is 0 Å². The molecule has 0 aliphatic carbocycles. The molecule has 1 aromatic carbocycles. The van der Waals surface area contributed by atoms with Crippen molar-refractivity contribution in [2.75, 3.05) is 16.8 Å². The molecule has 6 nitrogen and oxygen atoms in total. The van der Waals surface area contributed by atoms with Crippen molar-refractivity contribution in [3.8, 4) is 6.07 Å². The van der Waals surface area contributed by atoms with Gasteiger partial charge in [0.05, 0.1) is 29.6 Å². The normalized spacial score (nSPS) is 15.3. The van der Waals surface area contributed by atoms with Gasteiger partial charge in [-0.25, -0.2) is 4.79 Å². The lowest BCUT2D eigenvalue weighted by atomic mass is 10.1. The van der Waals surface area contributed by atoms with Crippen LogP contribution >= 0.6 is 0 Å². The van der Waals surface area contributed by atoms with Crippen LogP contribution in [-0.4, -0.2) is 29.6 Å². The third-order valence-corrected chi connectivity index (χ3v) is 2.85. The molecule has 0 saturated carbocycles. The Bertz CT molecular complexity index is 562. The maximum absolute atomic E-state index is 11.5. The van der Waals surface area contributed by atoms with Crippen LogP contribution in [0.1, 0.15) is 12.5 Å². The summed E-state index contributed by atoms with van der Waals surface area (Å²) in [7, 11) is 0. The summed E-state index contributed by atoms with van der Waals surface area (Å²) in [6, 6.07) is 5.92. The smallest absolute Gasteiger partial charge is 0.326 e. The van der Waals surface area contributed by atoms with E-state index in [9.17, 15) is 9.59 Å². The first-order valence-electron chi connectivity index (χ1n) is 5.36. The number of rotatable bonds is 2. The van der Waals surface area contributed by atoms with Gasteiger partial charge in [0.15, 0.2) is 0 Å². The van der Waals surface area contributed by atoms with Gasteiger partial charge in [0.1, 0.15) is 6.04 Å². The fourth-order valence-corrected chi connectivity index (χ4v) is 1.85. The highest BCUT2D eigenvalue weighted by atomic mass is 16.4. The SMILES string of the molecule is CC(C(=O)O)N1CC(=O)Nc2ccc(C#N)cc21. The molecule has 0 fully saturated rings. The molecule has 1 aromatic rings. The van der Waals surface area contributed by atoms with Gasteiger partial charge >= 0.3 is 5.97 Å². The number of carboxylic acids is 1. The topological polar surface area (TPSA) is 93.4 Å². The number of amides is 1. The second-order valence-electron chi connectivity index (χ2n) is 4.03. The molecule has 1 aliphatic heterocycles. The molecule has 1 aliphatic rings. The van der Waals surface area contributed by atoms with Gasteiger partial charge in [0.25, 0.3) is 0 Å². The van der Waals surface area contributed by atoms with E-state index >= 15 is 0 Å². The van der Waals surface area contributed by atoms with E-state index in [-0.39, 0.29) is 12.5 Å². The van der Waals surface area contributed by atoms with E-state index < -0.39 is 12.0 Å². The average Bonchev–Trinajstić information content (AvgIpc) is 2.36. The van der Waals surface area contributed by atoms with Crippen LogP contribution in [0, 0.1) is 11.3 Å². The standard InChI is InChI=1S/C12H11N3O3/c1-7(12(17)18)15-6-11(16)14-9-3-2-8(5-13)4-10(9)15/h2-4,7H,6H2,1H3,(H,14,16)(H,17,18). The lowest BCUT2D eigenvalue weighted by Gasteiger charge is -2.33. The molecule has 2 N–H and O–H groups in total. The van der Waals surface area contributed by atoms with Crippen LogP contribution in [0.5, 0.6) is 0 Å². The molecule has 0 radical (unpaired) electrons. The Hall–Kier alpha value is -2.55.